The van der Waals surface area contributed by atoms with Crippen molar-refractivity contribution in [1.29, 1.82) is 0 Å². The summed E-state index contributed by atoms with van der Waals surface area (Å²) in [5.74, 6) is 0. The van der Waals surface area contributed by atoms with Crippen molar-refractivity contribution in [1.82, 2.24) is 0 Å². The predicted octanol–water partition coefficient (Wildman–Crippen LogP) is 4.50. The lowest BCUT2D eigenvalue weighted by Gasteiger charge is -2.19. The van der Waals surface area contributed by atoms with E-state index in [-0.39, 0.29) is 6.61 Å². The Balaban J connectivity index is 2.14. The Morgan fingerprint density at radius 3 is 2.00 bits per heavy atom. The number of anilines is 2. The van der Waals surface area contributed by atoms with Gasteiger partial charge in [0, 0.05) is 11.1 Å². The number of benzene rings is 2. The fourth-order valence-electron chi connectivity index (χ4n) is 2.20. The summed E-state index contributed by atoms with van der Waals surface area (Å²) in [5.41, 5.74) is 3.57. The highest BCUT2D eigenvalue weighted by molar-refractivity contribution is 7.62. The number of para-hydroxylation sites is 2. The third-order valence-corrected chi connectivity index (χ3v) is 4.64. The summed E-state index contributed by atoms with van der Waals surface area (Å²) in [4.78, 5) is 0. The zero-order valence-electron chi connectivity index (χ0n) is 10.9. The molecule has 102 valence electrons. The van der Waals surface area contributed by atoms with Crippen molar-refractivity contribution < 1.29 is 9.09 Å². The molecule has 2 N–H and O–H groups in total. The summed E-state index contributed by atoms with van der Waals surface area (Å²) in [5, 5.41) is 5.98. The summed E-state index contributed by atoms with van der Waals surface area (Å²) >= 11 is 0. The number of rotatable bonds is 3. The molecule has 2 aromatic rings. The van der Waals surface area contributed by atoms with Crippen molar-refractivity contribution in [3.63, 3.8) is 0 Å². The van der Waals surface area contributed by atoms with E-state index in [1.54, 1.807) is 6.08 Å². The maximum atomic E-state index is 12.8. The minimum absolute atomic E-state index is 0.210. The highest BCUT2D eigenvalue weighted by Crippen LogP contribution is 2.53. The molecule has 4 nitrogen and oxygen atoms in total. The van der Waals surface area contributed by atoms with E-state index < -0.39 is 7.67 Å². The summed E-state index contributed by atoms with van der Waals surface area (Å²) in [6, 6.07) is 15.5. The van der Waals surface area contributed by atoms with Crippen LogP contribution in [0, 0.1) is 0 Å². The van der Waals surface area contributed by atoms with Crippen LogP contribution in [0.15, 0.2) is 61.2 Å². The first-order valence-corrected chi connectivity index (χ1v) is 7.95. The fourth-order valence-corrected chi connectivity index (χ4v) is 3.72. The lowest BCUT2D eigenvalue weighted by atomic mass is 10.0. The monoisotopic (exact) mass is 286 g/mol. The van der Waals surface area contributed by atoms with E-state index in [1.165, 1.54) is 0 Å². The van der Waals surface area contributed by atoms with Crippen LogP contribution in [0.5, 0.6) is 0 Å². The summed E-state index contributed by atoms with van der Waals surface area (Å²) < 4.78 is 18.3. The van der Waals surface area contributed by atoms with E-state index in [4.69, 9.17) is 4.52 Å². The molecule has 0 unspecified atom stereocenters. The SMILES string of the molecule is C=CCOP1(=O)Nc2ccccc2-c2ccccc2N1. The average Bonchev–Trinajstić information content (AvgIpc) is 2.59. The zero-order valence-corrected chi connectivity index (χ0v) is 11.8. The smallest absolute Gasteiger partial charge is 0.298 e. The third-order valence-electron chi connectivity index (χ3n) is 3.05. The molecule has 0 bridgehead atoms. The van der Waals surface area contributed by atoms with Crippen molar-refractivity contribution in [3.05, 3.63) is 61.2 Å². The molecule has 0 radical (unpaired) electrons. The van der Waals surface area contributed by atoms with Crippen molar-refractivity contribution in [2.75, 3.05) is 16.8 Å². The Morgan fingerprint density at radius 1 is 1.00 bits per heavy atom. The molecule has 0 aliphatic carbocycles. The van der Waals surface area contributed by atoms with Gasteiger partial charge in [0.2, 0.25) is 0 Å². The molecule has 1 aliphatic heterocycles. The van der Waals surface area contributed by atoms with Crippen LogP contribution in [0.25, 0.3) is 11.1 Å². The molecular weight excluding hydrogens is 271 g/mol. The summed E-state index contributed by atoms with van der Waals surface area (Å²) in [7, 11) is -3.21. The molecule has 2 aromatic carbocycles. The zero-order chi connectivity index (χ0) is 14.0. The number of hydrogen-bond acceptors (Lipinski definition) is 2. The Labute approximate surface area is 118 Å². The molecule has 5 heteroatoms. The Hall–Kier alpha value is -2.03. The highest BCUT2D eigenvalue weighted by Gasteiger charge is 2.28. The van der Waals surface area contributed by atoms with Crippen molar-refractivity contribution in [3.8, 4) is 11.1 Å². The van der Waals surface area contributed by atoms with Crippen LogP contribution in [0.1, 0.15) is 0 Å². The van der Waals surface area contributed by atoms with Gasteiger partial charge in [-0.05, 0) is 12.1 Å². The summed E-state index contributed by atoms with van der Waals surface area (Å²) in [6.45, 7) is 3.80. The predicted molar refractivity (Wildman–Crippen MR) is 82.9 cm³/mol. The molecule has 0 spiro atoms. The van der Waals surface area contributed by atoms with Gasteiger partial charge < -0.3 is 0 Å². The first-order chi connectivity index (χ1) is 9.72. The van der Waals surface area contributed by atoms with Crippen LogP contribution in [-0.2, 0) is 9.09 Å². The highest BCUT2D eigenvalue weighted by atomic mass is 31.2. The normalized spacial score (nSPS) is 15.0. The van der Waals surface area contributed by atoms with Gasteiger partial charge in [0.1, 0.15) is 0 Å². The molecule has 1 heterocycles. The van der Waals surface area contributed by atoms with Gasteiger partial charge in [-0.15, -0.1) is 6.58 Å². The number of hydrogen-bond donors (Lipinski definition) is 2. The molecule has 3 rings (SSSR count). The van der Waals surface area contributed by atoms with Gasteiger partial charge >= 0.3 is 7.67 Å². The van der Waals surface area contributed by atoms with Gasteiger partial charge in [-0.3, -0.25) is 14.7 Å². The second-order valence-electron chi connectivity index (χ2n) is 4.45. The second-order valence-corrected chi connectivity index (χ2v) is 6.26. The van der Waals surface area contributed by atoms with E-state index >= 15 is 0 Å². The molecular formula is C15H15N2O2P. The van der Waals surface area contributed by atoms with E-state index in [2.05, 4.69) is 16.8 Å². The number of nitrogens with one attached hydrogen (secondary N) is 2. The third kappa shape index (κ3) is 2.36. The second kappa shape index (κ2) is 5.16. The Kier molecular flexibility index (Phi) is 3.35. The Bertz CT molecular complexity index is 648. The Morgan fingerprint density at radius 2 is 1.50 bits per heavy atom. The van der Waals surface area contributed by atoms with Crippen molar-refractivity contribution in [2.45, 2.75) is 0 Å². The van der Waals surface area contributed by atoms with Crippen LogP contribution in [-0.4, -0.2) is 6.61 Å². The van der Waals surface area contributed by atoms with E-state index in [1.807, 2.05) is 48.5 Å². The van der Waals surface area contributed by atoms with E-state index in [0.29, 0.717) is 0 Å². The maximum absolute atomic E-state index is 12.8. The van der Waals surface area contributed by atoms with Crippen LogP contribution in [0.2, 0.25) is 0 Å². The molecule has 1 aliphatic rings. The van der Waals surface area contributed by atoms with Crippen LogP contribution in [0.4, 0.5) is 11.4 Å². The topological polar surface area (TPSA) is 50.4 Å². The molecule has 0 amide bonds. The van der Waals surface area contributed by atoms with Crippen molar-refractivity contribution in [2.24, 2.45) is 0 Å². The van der Waals surface area contributed by atoms with Crippen LogP contribution in [0.3, 0.4) is 0 Å². The molecule has 0 atom stereocenters. The van der Waals surface area contributed by atoms with E-state index in [9.17, 15) is 4.57 Å². The van der Waals surface area contributed by atoms with Gasteiger partial charge in [0.25, 0.3) is 0 Å². The van der Waals surface area contributed by atoms with E-state index in [0.717, 1.165) is 22.5 Å². The fraction of sp³-hybridized carbons (Fsp3) is 0.0667. The van der Waals surface area contributed by atoms with Gasteiger partial charge in [0.05, 0.1) is 18.0 Å². The standard InChI is InChI=1S/C15H15N2O2P/c1-2-11-19-20(18)16-14-9-5-3-7-12(14)13-8-4-6-10-15(13)17-20/h2-10H,1,11H2,(H2,16,17,18). The molecule has 0 aromatic heterocycles. The minimum Gasteiger partial charge on any atom is -0.298 e. The molecule has 0 saturated carbocycles. The minimum atomic E-state index is -3.21. The van der Waals surface area contributed by atoms with Gasteiger partial charge in [-0.25, -0.2) is 4.57 Å². The first-order valence-electron chi connectivity index (χ1n) is 6.32. The molecule has 0 saturated heterocycles. The maximum Gasteiger partial charge on any atom is 0.392 e. The quantitative estimate of drug-likeness (QED) is 0.644. The van der Waals surface area contributed by atoms with Crippen LogP contribution < -0.4 is 10.2 Å². The largest absolute Gasteiger partial charge is 0.392 e. The first kappa shape index (κ1) is 13.0. The lowest BCUT2D eigenvalue weighted by Crippen LogP contribution is -2.08. The van der Waals surface area contributed by atoms with Gasteiger partial charge in [-0.2, -0.15) is 0 Å². The molecule has 0 fully saturated rings. The number of fused-ring (bicyclic) bond motifs is 3. The average molecular weight is 286 g/mol. The van der Waals surface area contributed by atoms with Crippen LogP contribution >= 0.6 is 7.67 Å². The van der Waals surface area contributed by atoms with Gasteiger partial charge in [0.15, 0.2) is 0 Å². The summed E-state index contributed by atoms with van der Waals surface area (Å²) in [6.07, 6.45) is 1.58. The lowest BCUT2D eigenvalue weighted by molar-refractivity contribution is 0.361. The van der Waals surface area contributed by atoms with Crippen molar-refractivity contribution >= 4 is 19.0 Å². The molecule has 20 heavy (non-hydrogen) atoms. The van der Waals surface area contributed by atoms with Gasteiger partial charge in [-0.1, -0.05) is 42.5 Å².